The predicted molar refractivity (Wildman–Crippen MR) is 90.5 cm³/mol. The van der Waals surface area contributed by atoms with Gasteiger partial charge in [-0.1, -0.05) is 12.1 Å². The molecule has 5 nitrogen and oxygen atoms in total. The highest BCUT2D eigenvalue weighted by molar-refractivity contribution is 5.94. The first kappa shape index (κ1) is 16.4. The third-order valence-electron chi connectivity index (χ3n) is 4.61. The molecule has 2 atom stereocenters. The molecule has 0 aromatic heterocycles. The van der Waals surface area contributed by atoms with Gasteiger partial charge in [0.05, 0.1) is 19.3 Å². The SMILES string of the molecule is CN(C)Cc1ccc(C(=O)N2C[C@H]3COC[C@@H]2CN(C)C3)cc1. The van der Waals surface area contributed by atoms with Crippen molar-refractivity contribution in [1.82, 2.24) is 14.7 Å². The van der Waals surface area contributed by atoms with Gasteiger partial charge in [0.15, 0.2) is 0 Å². The number of carbonyl (C=O) groups is 1. The van der Waals surface area contributed by atoms with Crippen LogP contribution in [0.2, 0.25) is 0 Å². The third kappa shape index (κ3) is 3.91. The van der Waals surface area contributed by atoms with Gasteiger partial charge in [0.1, 0.15) is 0 Å². The van der Waals surface area contributed by atoms with Crippen LogP contribution >= 0.6 is 0 Å². The average Bonchev–Trinajstić information content (AvgIpc) is 2.77. The number of hydrogen-bond acceptors (Lipinski definition) is 4. The Balaban J connectivity index is 1.76. The molecule has 0 saturated carbocycles. The summed E-state index contributed by atoms with van der Waals surface area (Å²) in [5.74, 6) is 0.543. The Kier molecular flexibility index (Phi) is 4.99. The minimum Gasteiger partial charge on any atom is -0.379 e. The maximum Gasteiger partial charge on any atom is 0.254 e. The molecule has 126 valence electrons. The summed E-state index contributed by atoms with van der Waals surface area (Å²) in [5, 5.41) is 0. The van der Waals surface area contributed by atoms with Crippen molar-refractivity contribution in [2.24, 2.45) is 5.92 Å². The summed E-state index contributed by atoms with van der Waals surface area (Å²) in [6.45, 7) is 4.98. The number of likely N-dealkylation sites (N-methyl/N-ethyl adjacent to an activating group) is 1. The fraction of sp³-hybridized carbons (Fsp3) is 0.611. The highest BCUT2D eigenvalue weighted by atomic mass is 16.5. The number of fused-ring (bicyclic) bond motifs is 3. The van der Waals surface area contributed by atoms with Crippen molar-refractivity contribution in [2.45, 2.75) is 12.6 Å². The van der Waals surface area contributed by atoms with Crippen molar-refractivity contribution >= 4 is 5.91 Å². The maximum atomic E-state index is 13.0. The molecular formula is C18H27N3O2. The minimum atomic E-state index is 0.136. The lowest BCUT2D eigenvalue weighted by atomic mass is 10.1. The summed E-state index contributed by atoms with van der Waals surface area (Å²) >= 11 is 0. The van der Waals surface area contributed by atoms with Crippen molar-refractivity contribution in [3.05, 3.63) is 35.4 Å². The zero-order valence-electron chi connectivity index (χ0n) is 14.4. The van der Waals surface area contributed by atoms with E-state index in [4.69, 9.17) is 4.74 Å². The van der Waals surface area contributed by atoms with Gasteiger partial charge in [0.2, 0.25) is 0 Å². The highest BCUT2D eigenvalue weighted by Gasteiger charge is 2.34. The Morgan fingerprint density at radius 3 is 2.61 bits per heavy atom. The van der Waals surface area contributed by atoms with E-state index in [1.807, 2.05) is 31.1 Å². The van der Waals surface area contributed by atoms with Gasteiger partial charge in [0.25, 0.3) is 5.91 Å². The van der Waals surface area contributed by atoms with Crippen molar-refractivity contribution in [2.75, 3.05) is 54.0 Å². The molecule has 0 spiro atoms. The van der Waals surface area contributed by atoms with Crippen molar-refractivity contribution in [3.8, 4) is 0 Å². The molecule has 2 fully saturated rings. The fourth-order valence-electron chi connectivity index (χ4n) is 3.61. The molecule has 2 heterocycles. The number of hydrogen-bond donors (Lipinski definition) is 0. The van der Waals surface area contributed by atoms with Crippen LogP contribution in [0.15, 0.2) is 24.3 Å². The summed E-state index contributed by atoms with van der Waals surface area (Å²) in [7, 11) is 6.23. The van der Waals surface area contributed by atoms with Crippen molar-refractivity contribution in [1.29, 1.82) is 0 Å². The van der Waals surface area contributed by atoms with Crippen molar-refractivity contribution < 1.29 is 9.53 Å². The largest absolute Gasteiger partial charge is 0.379 e. The molecule has 1 aromatic carbocycles. The molecule has 3 rings (SSSR count). The van der Waals surface area contributed by atoms with Gasteiger partial charge in [-0.2, -0.15) is 0 Å². The van der Waals surface area contributed by atoms with Gasteiger partial charge in [0, 0.05) is 37.7 Å². The third-order valence-corrected chi connectivity index (χ3v) is 4.61. The van der Waals surface area contributed by atoms with E-state index in [0.717, 1.165) is 38.3 Å². The van der Waals surface area contributed by atoms with Crippen molar-refractivity contribution in [3.63, 3.8) is 0 Å². The Morgan fingerprint density at radius 2 is 1.91 bits per heavy atom. The van der Waals surface area contributed by atoms with Gasteiger partial charge in [-0.25, -0.2) is 0 Å². The highest BCUT2D eigenvalue weighted by Crippen LogP contribution is 2.21. The molecular weight excluding hydrogens is 290 g/mol. The predicted octanol–water partition coefficient (Wildman–Crippen LogP) is 1.15. The number of benzene rings is 1. The van der Waals surface area contributed by atoms with E-state index in [1.54, 1.807) is 0 Å². The Hall–Kier alpha value is -1.43. The number of carbonyl (C=O) groups excluding carboxylic acids is 1. The minimum absolute atomic E-state index is 0.136. The van der Waals surface area contributed by atoms with Crippen LogP contribution in [0.4, 0.5) is 0 Å². The zero-order chi connectivity index (χ0) is 16.4. The summed E-state index contributed by atoms with van der Waals surface area (Å²) in [6.07, 6.45) is 0. The van der Waals surface area contributed by atoms with Crippen LogP contribution in [-0.4, -0.2) is 80.6 Å². The van der Waals surface area contributed by atoms with E-state index < -0.39 is 0 Å². The summed E-state index contributed by atoms with van der Waals surface area (Å²) in [6, 6.07) is 8.18. The number of amides is 1. The first-order valence-electron chi connectivity index (χ1n) is 8.34. The first-order chi connectivity index (χ1) is 11.0. The molecule has 2 saturated heterocycles. The van der Waals surface area contributed by atoms with Crippen LogP contribution in [0, 0.1) is 5.92 Å². The molecule has 2 bridgehead atoms. The standard InChI is InChI=1S/C18H27N3O2/c1-19(2)8-14-4-6-16(7-5-14)18(22)21-10-15-9-20(3)11-17(21)13-23-12-15/h4-7,15,17H,8-13H2,1-3H3/t15-,17-/m0/s1. The maximum absolute atomic E-state index is 13.0. The molecule has 1 aromatic rings. The van der Waals surface area contributed by atoms with E-state index in [9.17, 15) is 4.79 Å². The van der Waals surface area contributed by atoms with Gasteiger partial charge in [-0.3, -0.25) is 4.79 Å². The smallest absolute Gasteiger partial charge is 0.254 e. The van der Waals surface area contributed by atoms with Crippen LogP contribution in [0.25, 0.3) is 0 Å². The second-order valence-corrected chi connectivity index (χ2v) is 7.17. The van der Waals surface area contributed by atoms with Gasteiger partial charge in [-0.15, -0.1) is 0 Å². The average molecular weight is 317 g/mol. The normalized spacial score (nSPS) is 25.5. The molecule has 0 N–H and O–H groups in total. The van der Waals surface area contributed by atoms with Crippen LogP contribution in [0.3, 0.4) is 0 Å². The second-order valence-electron chi connectivity index (χ2n) is 7.17. The summed E-state index contributed by atoms with van der Waals surface area (Å²) in [4.78, 5) is 19.5. The van der Waals surface area contributed by atoms with Gasteiger partial charge >= 0.3 is 0 Å². The van der Waals surface area contributed by atoms with Crippen LogP contribution in [-0.2, 0) is 11.3 Å². The van der Waals surface area contributed by atoms with E-state index >= 15 is 0 Å². The molecule has 23 heavy (non-hydrogen) atoms. The molecule has 0 unspecified atom stereocenters. The Bertz CT molecular complexity index is 544. The van der Waals surface area contributed by atoms with Crippen LogP contribution in [0.1, 0.15) is 15.9 Å². The van der Waals surface area contributed by atoms with E-state index in [-0.39, 0.29) is 11.9 Å². The van der Waals surface area contributed by atoms with E-state index in [1.165, 1.54) is 5.56 Å². The van der Waals surface area contributed by atoms with Crippen LogP contribution < -0.4 is 0 Å². The molecule has 1 amide bonds. The lowest BCUT2D eigenvalue weighted by molar-refractivity contribution is 0.0483. The first-order valence-corrected chi connectivity index (χ1v) is 8.34. The van der Waals surface area contributed by atoms with E-state index in [2.05, 4.69) is 29.0 Å². The molecule has 2 aliphatic heterocycles. The number of rotatable bonds is 3. The summed E-state index contributed by atoms with van der Waals surface area (Å²) in [5.41, 5.74) is 2.01. The van der Waals surface area contributed by atoms with E-state index in [0.29, 0.717) is 12.5 Å². The fourth-order valence-corrected chi connectivity index (χ4v) is 3.61. The van der Waals surface area contributed by atoms with Gasteiger partial charge in [-0.05, 0) is 38.8 Å². The molecule has 0 radical (unpaired) electrons. The zero-order valence-corrected chi connectivity index (χ0v) is 14.4. The number of ether oxygens (including phenoxy) is 1. The summed E-state index contributed by atoms with van der Waals surface area (Å²) < 4.78 is 5.76. The topological polar surface area (TPSA) is 36.0 Å². The molecule has 0 aliphatic carbocycles. The Labute approximate surface area is 138 Å². The molecule has 2 aliphatic rings. The van der Waals surface area contributed by atoms with Gasteiger partial charge < -0.3 is 19.4 Å². The molecule has 5 heteroatoms. The second kappa shape index (κ2) is 6.99. The monoisotopic (exact) mass is 317 g/mol. The lowest BCUT2D eigenvalue weighted by Crippen LogP contribution is -2.45. The Morgan fingerprint density at radius 1 is 1.17 bits per heavy atom. The van der Waals surface area contributed by atoms with Crippen LogP contribution in [0.5, 0.6) is 0 Å². The lowest BCUT2D eigenvalue weighted by Gasteiger charge is -2.29. The quantitative estimate of drug-likeness (QED) is 0.838. The number of nitrogens with zero attached hydrogens (tertiary/aromatic N) is 3.